The van der Waals surface area contributed by atoms with Crippen LogP contribution < -0.4 is 10.2 Å². The maximum Gasteiger partial charge on any atom is 0.274 e. The first-order valence-electron chi connectivity index (χ1n) is 11.3. The largest absolute Gasteiger partial charge is 0.377 e. The Bertz CT molecular complexity index is 1350. The minimum Gasteiger partial charge on any atom is -0.377 e. The second-order valence-corrected chi connectivity index (χ2v) is 9.62. The van der Waals surface area contributed by atoms with Crippen LogP contribution in [0.15, 0.2) is 60.0 Å². The van der Waals surface area contributed by atoms with Crippen molar-refractivity contribution in [2.75, 3.05) is 30.4 Å². The van der Waals surface area contributed by atoms with Crippen molar-refractivity contribution in [2.45, 2.75) is 25.4 Å². The first-order valence-corrected chi connectivity index (χ1v) is 11.7. The number of hydrogen-bond acceptors (Lipinski definition) is 6. The molecule has 9 heteroatoms. The van der Waals surface area contributed by atoms with Gasteiger partial charge >= 0.3 is 0 Å². The molecule has 5 rings (SSSR count). The standard InChI is InChI=1S/C26H25ClN6O2/c1-26(2)21-9-16(11-28-3)6-7-20(21)24(34)33(26)19-10-17(12-29-13-19)31-18-14-32(15-18)25(35)23-22(27)5-4-8-30-23/h4-13,18,31H,14-15H2,1-3H3/b28-11+. The Hall–Kier alpha value is -3.78. The first-order chi connectivity index (χ1) is 16.8. The number of hydrogen-bond donors (Lipinski definition) is 1. The van der Waals surface area contributed by atoms with E-state index >= 15 is 0 Å². The van der Waals surface area contributed by atoms with Crippen molar-refractivity contribution in [3.63, 3.8) is 0 Å². The molecule has 1 saturated heterocycles. The highest BCUT2D eigenvalue weighted by Crippen LogP contribution is 2.42. The van der Waals surface area contributed by atoms with Gasteiger partial charge in [0.1, 0.15) is 5.69 Å². The summed E-state index contributed by atoms with van der Waals surface area (Å²) >= 11 is 6.11. The normalized spacial score (nSPS) is 17.0. The Morgan fingerprint density at radius 1 is 1.23 bits per heavy atom. The molecular weight excluding hydrogens is 464 g/mol. The molecule has 8 nitrogen and oxygen atoms in total. The van der Waals surface area contributed by atoms with Crippen molar-refractivity contribution in [3.8, 4) is 0 Å². The summed E-state index contributed by atoms with van der Waals surface area (Å²) < 4.78 is 0. The average molecular weight is 489 g/mol. The minimum absolute atomic E-state index is 0.0587. The number of amides is 2. The van der Waals surface area contributed by atoms with Crippen LogP contribution in [0.2, 0.25) is 5.02 Å². The summed E-state index contributed by atoms with van der Waals surface area (Å²) in [5.41, 5.74) is 3.81. The summed E-state index contributed by atoms with van der Waals surface area (Å²) in [7, 11) is 1.73. The number of rotatable bonds is 5. The quantitative estimate of drug-likeness (QED) is 0.548. The van der Waals surface area contributed by atoms with Gasteiger partial charge in [-0.15, -0.1) is 0 Å². The van der Waals surface area contributed by atoms with E-state index in [2.05, 4.69) is 20.3 Å². The number of aliphatic imine (C=N–C) groups is 1. The van der Waals surface area contributed by atoms with Gasteiger partial charge in [-0.05, 0) is 55.3 Å². The van der Waals surface area contributed by atoms with E-state index in [0.29, 0.717) is 29.4 Å². The highest BCUT2D eigenvalue weighted by Gasteiger charge is 2.44. The Morgan fingerprint density at radius 2 is 2.03 bits per heavy atom. The number of likely N-dealkylation sites (tertiary alicyclic amines) is 1. The summed E-state index contributed by atoms with van der Waals surface area (Å²) in [6, 6.07) is 11.1. The Balaban J connectivity index is 1.31. The van der Waals surface area contributed by atoms with E-state index in [1.807, 2.05) is 38.1 Å². The molecule has 0 radical (unpaired) electrons. The molecule has 2 aliphatic heterocycles. The molecule has 0 unspecified atom stereocenters. The van der Waals surface area contributed by atoms with Crippen molar-refractivity contribution in [2.24, 2.45) is 4.99 Å². The molecule has 1 N–H and O–H groups in total. The number of benzene rings is 1. The molecule has 4 heterocycles. The van der Waals surface area contributed by atoms with Crippen molar-refractivity contribution in [3.05, 3.63) is 82.4 Å². The van der Waals surface area contributed by atoms with Gasteiger partial charge < -0.3 is 10.2 Å². The summed E-state index contributed by atoms with van der Waals surface area (Å²) in [6.07, 6.45) is 6.76. The van der Waals surface area contributed by atoms with Gasteiger partial charge in [0.05, 0.1) is 40.4 Å². The van der Waals surface area contributed by atoms with E-state index in [4.69, 9.17) is 11.6 Å². The monoisotopic (exact) mass is 488 g/mol. The van der Waals surface area contributed by atoms with Gasteiger partial charge in [-0.25, -0.2) is 4.98 Å². The number of halogens is 1. The fourth-order valence-electron chi connectivity index (χ4n) is 4.71. The number of fused-ring (bicyclic) bond motifs is 1. The summed E-state index contributed by atoms with van der Waals surface area (Å²) in [5, 5.41) is 3.76. The third kappa shape index (κ3) is 4.04. The smallest absolute Gasteiger partial charge is 0.274 e. The molecule has 0 spiro atoms. The molecule has 0 aliphatic carbocycles. The lowest BCUT2D eigenvalue weighted by molar-refractivity contribution is 0.0619. The molecule has 1 fully saturated rings. The topological polar surface area (TPSA) is 90.8 Å². The maximum absolute atomic E-state index is 13.3. The van der Waals surface area contributed by atoms with E-state index in [9.17, 15) is 9.59 Å². The van der Waals surface area contributed by atoms with E-state index < -0.39 is 5.54 Å². The maximum atomic E-state index is 13.3. The fourth-order valence-corrected chi connectivity index (χ4v) is 4.91. The highest BCUT2D eigenvalue weighted by atomic mass is 35.5. The van der Waals surface area contributed by atoms with Crippen LogP contribution in [0.4, 0.5) is 11.4 Å². The van der Waals surface area contributed by atoms with Crippen LogP contribution in [0, 0.1) is 0 Å². The number of carbonyl (C=O) groups excluding carboxylic acids is 2. The number of anilines is 2. The van der Waals surface area contributed by atoms with Gasteiger partial charge in [0.25, 0.3) is 11.8 Å². The first kappa shape index (κ1) is 23.0. The van der Waals surface area contributed by atoms with E-state index in [0.717, 1.165) is 16.8 Å². The van der Waals surface area contributed by atoms with Crippen LogP contribution >= 0.6 is 11.6 Å². The van der Waals surface area contributed by atoms with Gasteiger partial charge in [0, 0.05) is 38.1 Å². The van der Waals surface area contributed by atoms with E-state index in [1.165, 1.54) is 0 Å². The summed E-state index contributed by atoms with van der Waals surface area (Å²) in [4.78, 5) is 42.0. The third-order valence-corrected chi connectivity index (χ3v) is 6.76. The zero-order valence-corrected chi connectivity index (χ0v) is 20.5. The number of nitrogens with one attached hydrogen (secondary N) is 1. The number of nitrogens with zero attached hydrogens (tertiary/aromatic N) is 5. The molecule has 1 aromatic carbocycles. The average Bonchev–Trinajstić information content (AvgIpc) is 3.01. The molecule has 0 atom stereocenters. The molecule has 178 valence electrons. The van der Waals surface area contributed by atoms with Crippen molar-refractivity contribution < 1.29 is 9.59 Å². The fraction of sp³-hybridized carbons (Fsp3) is 0.269. The lowest BCUT2D eigenvalue weighted by Crippen LogP contribution is -2.57. The van der Waals surface area contributed by atoms with Crippen LogP contribution in [-0.4, -0.2) is 59.1 Å². The zero-order chi connectivity index (χ0) is 24.7. The predicted octanol–water partition coefficient (Wildman–Crippen LogP) is 4.01. The second kappa shape index (κ2) is 8.78. The predicted molar refractivity (Wildman–Crippen MR) is 137 cm³/mol. The van der Waals surface area contributed by atoms with Gasteiger partial charge in [0.2, 0.25) is 0 Å². The van der Waals surface area contributed by atoms with Crippen LogP contribution in [0.1, 0.15) is 45.8 Å². The lowest BCUT2D eigenvalue weighted by Gasteiger charge is -2.40. The summed E-state index contributed by atoms with van der Waals surface area (Å²) in [6.45, 7) is 5.11. The SMILES string of the molecule is C/N=C/c1ccc2c(c1)C(C)(C)N(c1cncc(NC3CN(C(=O)c4ncccc4Cl)C3)c1)C2=O. The van der Waals surface area contributed by atoms with Crippen LogP contribution in [0.5, 0.6) is 0 Å². The molecule has 0 bridgehead atoms. The van der Waals surface area contributed by atoms with Crippen molar-refractivity contribution in [1.82, 2.24) is 14.9 Å². The van der Waals surface area contributed by atoms with Crippen LogP contribution in [0.3, 0.4) is 0 Å². The Morgan fingerprint density at radius 3 is 2.77 bits per heavy atom. The third-order valence-electron chi connectivity index (χ3n) is 6.46. The molecule has 35 heavy (non-hydrogen) atoms. The molecule has 0 saturated carbocycles. The lowest BCUT2D eigenvalue weighted by atomic mass is 9.92. The zero-order valence-electron chi connectivity index (χ0n) is 19.7. The minimum atomic E-state index is -0.550. The summed E-state index contributed by atoms with van der Waals surface area (Å²) in [5.74, 6) is -0.244. The number of carbonyl (C=O) groups is 2. The molecular formula is C26H25ClN6O2. The molecule has 2 amide bonds. The van der Waals surface area contributed by atoms with Crippen LogP contribution in [0.25, 0.3) is 0 Å². The second-order valence-electron chi connectivity index (χ2n) is 9.21. The molecule has 2 aromatic heterocycles. The molecule has 2 aliphatic rings. The number of pyridine rings is 2. The van der Waals surface area contributed by atoms with Gasteiger partial charge in [-0.1, -0.05) is 17.7 Å². The van der Waals surface area contributed by atoms with Crippen LogP contribution in [-0.2, 0) is 5.54 Å². The molecule has 3 aromatic rings. The highest BCUT2D eigenvalue weighted by molar-refractivity contribution is 6.33. The van der Waals surface area contributed by atoms with Gasteiger partial charge in [-0.3, -0.25) is 24.5 Å². The van der Waals surface area contributed by atoms with E-state index in [-0.39, 0.29) is 23.6 Å². The van der Waals surface area contributed by atoms with Crippen molar-refractivity contribution in [1.29, 1.82) is 0 Å². The van der Waals surface area contributed by atoms with Crippen molar-refractivity contribution >= 4 is 41.0 Å². The van der Waals surface area contributed by atoms with Gasteiger partial charge in [0.15, 0.2) is 0 Å². The Kier molecular flexibility index (Phi) is 5.76. The Labute approximate surface area is 208 Å². The van der Waals surface area contributed by atoms with Gasteiger partial charge in [-0.2, -0.15) is 0 Å². The number of aromatic nitrogens is 2. The van der Waals surface area contributed by atoms with E-state index in [1.54, 1.807) is 53.8 Å².